The number of halogens is 1. The second-order valence-corrected chi connectivity index (χ2v) is 7.77. The van der Waals surface area contributed by atoms with E-state index in [1.165, 1.54) is 37.6 Å². The number of nitrogens with zero attached hydrogens (tertiary/aromatic N) is 4. The fourth-order valence-corrected chi connectivity index (χ4v) is 3.80. The average molecular weight is 452 g/mol. The fourth-order valence-electron chi connectivity index (χ4n) is 3.80. The zero-order valence-corrected chi connectivity index (χ0v) is 18.7. The van der Waals surface area contributed by atoms with Gasteiger partial charge in [0.25, 0.3) is 5.91 Å². The number of amides is 1. The maximum atomic E-state index is 13.1. The molecule has 9 heteroatoms. The number of methoxy groups -OCH3 is 2. The van der Waals surface area contributed by atoms with Crippen molar-refractivity contribution in [1.29, 1.82) is 0 Å². The highest BCUT2D eigenvalue weighted by Crippen LogP contribution is 2.33. The molecule has 172 valence electrons. The van der Waals surface area contributed by atoms with Gasteiger partial charge in [-0.1, -0.05) is 0 Å². The molecule has 0 atom stereocenters. The minimum atomic E-state index is -0.356. The van der Waals surface area contributed by atoms with Crippen molar-refractivity contribution in [2.45, 2.75) is 25.7 Å². The van der Waals surface area contributed by atoms with E-state index >= 15 is 0 Å². The van der Waals surface area contributed by atoms with Crippen LogP contribution in [-0.2, 0) is 0 Å². The largest absolute Gasteiger partial charge is 0.495 e. The molecule has 2 aromatic heterocycles. The van der Waals surface area contributed by atoms with Crippen LogP contribution in [0.1, 0.15) is 40.6 Å². The first-order valence-electron chi connectivity index (χ1n) is 10.6. The number of pyridine rings is 1. The lowest BCUT2D eigenvalue weighted by Gasteiger charge is -2.31. The first-order valence-corrected chi connectivity index (χ1v) is 10.6. The quantitative estimate of drug-likeness (QED) is 0.555. The van der Waals surface area contributed by atoms with Crippen LogP contribution in [0.15, 0.2) is 42.6 Å². The van der Waals surface area contributed by atoms with Gasteiger partial charge in [-0.25, -0.2) is 9.37 Å². The molecule has 33 heavy (non-hydrogen) atoms. The fraction of sp³-hybridized carbons (Fsp3) is 0.333. The molecule has 3 aromatic rings. The van der Waals surface area contributed by atoms with Crippen molar-refractivity contribution in [2.24, 2.45) is 0 Å². The first-order chi connectivity index (χ1) is 16.0. The maximum Gasteiger partial charge on any atom is 0.272 e. The number of benzene rings is 1. The summed E-state index contributed by atoms with van der Waals surface area (Å²) >= 11 is 0. The van der Waals surface area contributed by atoms with Gasteiger partial charge in [0.15, 0.2) is 11.5 Å². The van der Waals surface area contributed by atoms with Gasteiger partial charge in [0.1, 0.15) is 28.7 Å². The van der Waals surface area contributed by atoms with Crippen LogP contribution in [0.25, 0.3) is 0 Å². The van der Waals surface area contributed by atoms with Gasteiger partial charge in [0.2, 0.25) is 0 Å². The molecule has 0 saturated carbocycles. The summed E-state index contributed by atoms with van der Waals surface area (Å²) in [6.45, 7) is 3.02. The molecule has 1 amide bonds. The number of aromatic nitrogens is 3. The summed E-state index contributed by atoms with van der Waals surface area (Å²) in [4.78, 5) is 19.1. The maximum absolute atomic E-state index is 13.1. The predicted molar refractivity (Wildman–Crippen MR) is 118 cm³/mol. The highest BCUT2D eigenvalue weighted by molar-refractivity contribution is 5.93. The van der Waals surface area contributed by atoms with E-state index in [-0.39, 0.29) is 23.3 Å². The van der Waals surface area contributed by atoms with Gasteiger partial charge in [-0.3, -0.25) is 4.79 Å². The molecule has 0 N–H and O–H groups in total. The van der Waals surface area contributed by atoms with Crippen LogP contribution < -0.4 is 14.2 Å². The van der Waals surface area contributed by atoms with Gasteiger partial charge in [-0.2, -0.15) is 10.2 Å². The Morgan fingerprint density at radius 3 is 2.36 bits per heavy atom. The van der Waals surface area contributed by atoms with E-state index in [2.05, 4.69) is 15.2 Å². The van der Waals surface area contributed by atoms with Gasteiger partial charge in [-0.15, -0.1) is 0 Å². The van der Waals surface area contributed by atoms with Crippen molar-refractivity contribution in [3.8, 4) is 23.0 Å². The summed E-state index contributed by atoms with van der Waals surface area (Å²) in [6, 6.07) is 9.10. The Balaban J connectivity index is 1.42. The molecular weight excluding hydrogens is 427 g/mol. The summed E-state index contributed by atoms with van der Waals surface area (Å²) in [5, 5.41) is 8.49. The van der Waals surface area contributed by atoms with Crippen molar-refractivity contribution < 1.29 is 23.4 Å². The monoisotopic (exact) mass is 452 g/mol. The normalized spacial score (nSPS) is 14.1. The summed E-state index contributed by atoms with van der Waals surface area (Å²) in [7, 11) is 3.11. The number of piperidine rings is 1. The van der Waals surface area contributed by atoms with Gasteiger partial charge in [0, 0.05) is 31.1 Å². The van der Waals surface area contributed by atoms with Crippen LogP contribution in [0, 0.1) is 12.7 Å². The van der Waals surface area contributed by atoms with Crippen LogP contribution in [0.2, 0.25) is 0 Å². The van der Waals surface area contributed by atoms with Gasteiger partial charge >= 0.3 is 0 Å². The molecule has 0 aliphatic carbocycles. The Morgan fingerprint density at radius 1 is 1.00 bits per heavy atom. The number of aryl methyl sites for hydroxylation is 1. The summed E-state index contributed by atoms with van der Waals surface area (Å²) in [5.74, 6) is 1.55. The molecule has 3 heterocycles. The minimum Gasteiger partial charge on any atom is -0.495 e. The number of likely N-dealkylation sites (tertiary alicyclic amines) is 1. The topological polar surface area (TPSA) is 86.7 Å². The molecule has 1 aliphatic rings. The van der Waals surface area contributed by atoms with Crippen molar-refractivity contribution in [3.05, 3.63) is 65.5 Å². The predicted octanol–water partition coefficient (Wildman–Crippen LogP) is 4.15. The molecule has 4 rings (SSSR count). The Morgan fingerprint density at radius 2 is 1.70 bits per heavy atom. The SMILES string of the molecule is COc1cc(C(=O)N2CCC(c3cc(OC)c(C)nn3)CC2)ncc1Oc1ccc(F)cc1. The number of rotatable bonds is 6. The molecule has 0 spiro atoms. The molecule has 1 saturated heterocycles. The van der Waals surface area contributed by atoms with Crippen molar-refractivity contribution in [2.75, 3.05) is 27.3 Å². The van der Waals surface area contributed by atoms with E-state index in [0.717, 1.165) is 30.0 Å². The summed E-state index contributed by atoms with van der Waals surface area (Å²) in [5.41, 5.74) is 1.90. The van der Waals surface area contributed by atoms with Gasteiger partial charge < -0.3 is 19.1 Å². The molecule has 0 radical (unpaired) electrons. The highest BCUT2D eigenvalue weighted by atomic mass is 19.1. The lowest BCUT2D eigenvalue weighted by molar-refractivity contribution is 0.0705. The van der Waals surface area contributed by atoms with E-state index in [1.54, 1.807) is 18.1 Å². The van der Waals surface area contributed by atoms with Gasteiger partial charge in [-0.05, 0) is 44.0 Å². The molecule has 1 aromatic carbocycles. The standard InChI is InChI=1S/C24H25FN4O4/c1-15-21(31-2)12-19(28-27-15)16-8-10-29(11-9-16)24(30)20-13-22(32-3)23(14-26-20)33-18-6-4-17(25)5-7-18/h4-7,12-14,16H,8-11H2,1-3H3. The number of carbonyl (C=O) groups excluding carboxylic acids is 1. The van der Waals surface area contributed by atoms with Gasteiger partial charge in [0.05, 0.1) is 26.1 Å². The van der Waals surface area contributed by atoms with E-state index in [9.17, 15) is 9.18 Å². The van der Waals surface area contributed by atoms with Crippen LogP contribution in [-0.4, -0.2) is 53.3 Å². The Kier molecular flexibility index (Phi) is 6.67. The second-order valence-electron chi connectivity index (χ2n) is 7.77. The Labute approximate surface area is 191 Å². The molecule has 0 unspecified atom stereocenters. The molecular formula is C24H25FN4O4. The molecule has 8 nitrogen and oxygen atoms in total. The van der Waals surface area contributed by atoms with E-state index in [0.29, 0.717) is 30.3 Å². The van der Waals surface area contributed by atoms with E-state index < -0.39 is 0 Å². The number of ether oxygens (including phenoxy) is 3. The number of carbonyl (C=O) groups is 1. The minimum absolute atomic E-state index is 0.173. The summed E-state index contributed by atoms with van der Waals surface area (Å²) in [6.07, 6.45) is 2.99. The lowest BCUT2D eigenvalue weighted by Crippen LogP contribution is -2.38. The van der Waals surface area contributed by atoms with Crippen LogP contribution in [0.4, 0.5) is 4.39 Å². The molecule has 1 fully saturated rings. The van der Waals surface area contributed by atoms with Crippen molar-refractivity contribution in [1.82, 2.24) is 20.1 Å². The van der Waals surface area contributed by atoms with Crippen LogP contribution >= 0.6 is 0 Å². The number of hydrogen-bond acceptors (Lipinski definition) is 7. The average Bonchev–Trinajstić information content (AvgIpc) is 2.85. The van der Waals surface area contributed by atoms with Crippen LogP contribution in [0.5, 0.6) is 23.0 Å². The first kappa shape index (κ1) is 22.4. The zero-order valence-electron chi connectivity index (χ0n) is 18.7. The highest BCUT2D eigenvalue weighted by Gasteiger charge is 2.27. The molecule has 1 aliphatic heterocycles. The third-order valence-corrected chi connectivity index (χ3v) is 5.68. The van der Waals surface area contributed by atoms with E-state index in [4.69, 9.17) is 14.2 Å². The third-order valence-electron chi connectivity index (χ3n) is 5.68. The van der Waals surface area contributed by atoms with Crippen LogP contribution in [0.3, 0.4) is 0 Å². The lowest BCUT2D eigenvalue weighted by atomic mass is 9.93. The summed E-state index contributed by atoms with van der Waals surface area (Å²) < 4.78 is 29.6. The third kappa shape index (κ3) is 5.02. The van der Waals surface area contributed by atoms with E-state index in [1.807, 2.05) is 13.0 Å². The second kappa shape index (κ2) is 9.81. The van der Waals surface area contributed by atoms with Crippen molar-refractivity contribution >= 4 is 5.91 Å². The molecule has 0 bridgehead atoms. The Bertz CT molecular complexity index is 1130. The Hall–Kier alpha value is -3.75. The number of hydrogen-bond donors (Lipinski definition) is 0. The zero-order chi connectivity index (χ0) is 23.4. The van der Waals surface area contributed by atoms with Crippen molar-refractivity contribution in [3.63, 3.8) is 0 Å². The smallest absolute Gasteiger partial charge is 0.272 e.